The maximum absolute atomic E-state index is 12.4. The number of hydrogen-bond acceptors (Lipinski definition) is 4. The Kier molecular flexibility index (Phi) is 6.67. The zero-order chi connectivity index (χ0) is 19.3. The molecule has 0 aromatic heterocycles. The van der Waals surface area contributed by atoms with Gasteiger partial charge in [0.25, 0.3) is 5.91 Å². The molecule has 0 aliphatic heterocycles. The van der Waals surface area contributed by atoms with E-state index in [9.17, 15) is 13.2 Å². The quantitative estimate of drug-likeness (QED) is 0.774. The molecule has 0 aliphatic carbocycles. The summed E-state index contributed by atoms with van der Waals surface area (Å²) in [5.74, 6) is 0.259. The van der Waals surface area contributed by atoms with Gasteiger partial charge in [0.1, 0.15) is 5.75 Å². The molecular formula is C19H22ClNO4S. The first-order valence-corrected chi connectivity index (χ1v) is 10.5. The van der Waals surface area contributed by atoms with Crippen LogP contribution >= 0.6 is 11.6 Å². The lowest BCUT2D eigenvalue weighted by Gasteiger charge is -2.21. The highest BCUT2D eigenvalue weighted by atomic mass is 35.5. The van der Waals surface area contributed by atoms with Crippen molar-refractivity contribution in [2.45, 2.75) is 37.3 Å². The van der Waals surface area contributed by atoms with Crippen LogP contribution < -0.4 is 10.1 Å². The van der Waals surface area contributed by atoms with E-state index >= 15 is 0 Å². The summed E-state index contributed by atoms with van der Waals surface area (Å²) in [5, 5.41) is 3.46. The van der Waals surface area contributed by atoms with E-state index in [-0.39, 0.29) is 16.8 Å². The van der Waals surface area contributed by atoms with E-state index in [4.69, 9.17) is 16.3 Å². The fraction of sp³-hybridized carbons (Fsp3) is 0.316. The summed E-state index contributed by atoms with van der Waals surface area (Å²) in [6.45, 7) is 3.60. The minimum atomic E-state index is -3.24. The minimum absolute atomic E-state index is 0.235. The van der Waals surface area contributed by atoms with Crippen molar-refractivity contribution in [3.63, 3.8) is 0 Å². The van der Waals surface area contributed by atoms with E-state index in [0.29, 0.717) is 17.2 Å². The van der Waals surface area contributed by atoms with Gasteiger partial charge in [-0.2, -0.15) is 0 Å². The number of nitrogens with one attached hydrogen (secondary N) is 1. The molecule has 7 heteroatoms. The number of ether oxygens (including phenoxy) is 1. The van der Waals surface area contributed by atoms with Gasteiger partial charge < -0.3 is 10.1 Å². The molecule has 0 bridgehead atoms. The first kappa shape index (κ1) is 20.3. The van der Waals surface area contributed by atoms with Crippen LogP contribution in [0.2, 0.25) is 5.02 Å². The maximum Gasteiger partial charge on any atom is 0.261 e. The van der Waals surface area contributed by atoms with Gasteiger partial charge >= 0.3 is 0 Å². The second-order valence-corrected chi connectivity index (χ2v) is 8.48. The molecular weight excluding hydrogens is 374 g/mol. The standard InChI is InChI=1S/C19H22ClNO4S/c1-4-18(14-8-10-17(11-9-14)26(3,23)24)21-19(22)13(2)25-16-7-5-6-15(20)12-16/h5-13,18H,4H2,1-3H3,(H,21,22)/t13-,18-/m1/s1. The van der Waals surface area contributed by atoms with Crippen LogP contribution in [-0.2, 0) is 14.6 Å². The largest absolute Gasteiger partial charge is 0.481 e. The van der Waals surface area contributed by atoms with Gasteiger partial charge in [0.15, 0.2) is 15.9 Å². The summed E-state index contributed by atoms with van der Waals surface area (Å²) >= 11 is 5.92. The third-order valence-electron chi connectivity index (χ3n) is 3.91. The van der Waals surface area contributed by atoms with E-state index in [1.165, 1.54) is 0 Å². The number of amides is 1. The predicted octanol–water partition coefficient (Wildman–Crippen LogP) is 3.78. The number of benzene rings is 2. The monoisotopic (exact) mass is 395 g/mol. The van der Waals surface area contributed by atoms with Crippen LogP contribution in [-0.4, -0.2) is 26.7 Å². The first-order chi connectivity index (χ1) is 12.2. The van der Waals surface area contributed by atoms with Gasteiger partial charge in [-0.25, -0.2) is 8.42 Å². The average molecular weight is 396 g/mol. The molecule has 2 atom stereocenters. The van der Waals surface area contributed by atoms with Gasteiger partial charge in [-0.05, 0) is 49.2 Å². The summed E-state index contributed by atoms with van der Waals surface area (Å²) in [4.78, 5) is 12.7. The lowest BCUT2D eigenvalue weighted by molar-refractivity contribution is -0.128. The molecule has 140 valence electrons. The summed E-state index contributed by atoms with van der Waals surface area (Å²) < 4.78 is 28.7. The van der Waals surface area contributed by atoms with E-state index in [1.54, 1.807) is 55.5 Å². The van der Waals surface area contributed by atoms with Crippen LogP contribution in [0.15, 0.2) is 53.4 Å². The fourth-order valence-corrected chi connectivity index (χ4v) is 3.27. The highest BCUT2D eigenvalue weighted by Crippen LogP contribution is 2.21. The fourth-order valence-electron chi connectivity index (χ4n) is 2.46. The summed E-state index contributed by atoms with van der Waals surface area (Å²) in [6.07, 6.45) is 1.13. The smallest absolute Gasteiger partial charge is 0.261 e. The van der Waals surface area contributed by atoms with Crippen LogP contribution in [0, 0.1) is 0 Å². The Morgan fingerprint density at radius 1 is 1.19 bits per heavy atom. The third kappa shape index (κ3) is 5.47. The topological polar surface area (TPSA) is 72.5 Å². The van der Waals surface area contributed by atoms with E-state index < -0.39 is 15.9 Å². The van der Waals surface area contributed by atoms with Crippen LogP contribution in [0.5, 0.6) is 5.75 Å². The Bertz CT molecular complexity index is 865. The Hall–Kier alpha value is -2.05. The zero-order valence-electron chi connectivity index (χ0n) is 14.9. The number of carbonyl (C=O) groups is 1. The van der Waals surface area contributed by atoms with Crippen molar-refractivity contribution in [3.05, 3.63) is 59.1 Å². The number of hydrogen-bond donors (Lipinski definition) is 1. The van der Waals surface area contributed by atoms with Gasteiger partial charge in [-0.1, -0.05) is 36.7 Å². The molecule has 2 aromatic rings. The van der Waals surface area contributed by atoms with Crippen LogP contribution in [0.25, 0.3) is 0 Å². The molecule has 5 nitrogen and oxygen atoms in total. The normalized spacial score (nSPS) is 13.7. The Morgan fingerprint density at radius 2 is 1.85 bits per heavy atom. The number of halogens is 1. The molecule has 0 saturated heterocycles. The van der Waals surface area contributed by atoms with Crippen molar-refractivity contribution < 1.29 is 17.9 Å². The minimum Gasteiger partial charge on any atom is -0.481 e. The van der Waals surface area contributed by atoms with Crippen molar-refractivity contribution in [2.24, 2.45) is 0 Å². The molecule has 0 heterocycles. The predicted molar refractivity (Wildman–Crippen MR) is 102 cm³/mol. The molecule has 2 rings (SSSR count). The summed E-state index contributed by atoms with van der Waals surface area (Å²) in [7, 11) is -3.24. The lowest BCUT2D eigenvalue weighted by atomic mass is 10.0. The van der Waals surface area contributed by atoms with Gasteiger partial charge in [0.05, 0.1) is 10.9 Å². The number of sulfone groups is 1. The van der Waals surface area contributed by atoms with Gasteiger partial charge in [0.2, 0.25) is 0 Å². The maximum atomic E-state index is 12.4. The van der Waals surface area contributed by atoms with Gasteiger partial charge in [-0.15, -0.1) is 0 Å². The van der Waals surface area contributed by atoms with Crippen molar-refractivity contribution >= 4 is 27.3 Å². The summed E-state index contributed by atoms with van der Waals surface area (Å²) in [5.41, 5.74) is 0.836. The Balaban J connectivity index is 2.05. The van der Waals surface area contributed by atoms with Gasteiger partial charge in [-0.3, -0.25) is 4.79 Å². The Labute approximate surface area is 159 Å². The van der Waals surface area contributed by atoms with Crippen LogP contribution in [0.1, 0.15) is 31.9 Å². The zero-order valence-corrected chi connectivity index (χ0v) is 16.5. The SMILES string of the molecule is CC[C@@H](NC(=O)[C@@H](C)Oc1cccc(Cl)c1)c1ccc(S(C)(=O)=O)cc1. The molecule has 26 heavy (non-hydrogen) atoms. The van der Waals surface area contributed by atoms with Gasteiger partial charge in [0, 0.05) is 11.3 Å². The summed E-state index contributed by atoms with van der Waals surface area (Å²) in [6, 6.07) is 13.1. The van der Waals surface area contributed by atoms with Crippen molar-refractivity contribution in [3.8, 4) is 5.75 Å². The van der Waals surface area contributed by atoms with E-state index in [0.717, 1.165) is 11.8 Å². The van der Waals surface area contributed by atoms with Crippen molar-refractivity contribution in [1.29, 1.82) is 0 Å². The molecule has 0 saturated carbocycles. The molecule has 0 spiro atoms. The van der Waals surface area contributed by atoms with E-state index in [1.807, 2.05) is 6.92 Å². The third-order valence-corrected chi connectivity index (χ3v) is 5.28. The van der Waals surface area contributed by atoms with Crippen LogP contribution in [0.3, 0.4) is 0 Å². The number of carbonyl (C=O) groups excluding carboxylic acids is 1. The molecule has 0 aliphatic rings. The molecule has 1 amide bonds. The molecule has 0 unspecified atom stereocenters. The van der Waals surface area contributed by atoms with Crippen molar-refractivity contribution in [1.82, 2.24) is 5.32 Å². The molecule has 1 N–H and O–H groups in total. The Morgan fingerprint density at radius 3 is 2.38 bits per heavy atom. The second kappa shape index (κ2) is 8.56. The number of rotatable bonds is 7. The van der Waals surface area contributed by atoms with Crippen molar-refractivity contribution in [2.75, 3.05) is 6.26 Å². The van der Waals surface area contributed by atoms with E-state index in [2.05, 4.69) is 5.32 Å². The highest BCUT2D eigenvalue weighted by Gasteiger charge is 2.20. The highest BCUT2D eigenvalue weighted by molar-refractivity contribution is 7.90. The van der Waals surface area contributed by atoms with Crippen LogP contribution in [0.4, 0.5) is 0 Å². The molecule has 0 fully saturated rings. The average Bonchev–Trinajstić information content (AvgIpc) is 2.58. The first-order valence-electron chi connectivity index (χ1n) is 8.23. The molecule has 0 radical (unpaired) electrons. The lowest BCUT2D eigenvalue weighted by Crippen LogP contribution is -2.38. The molecule has 2 aromatic carbocycles. The second-order valence-electron chi connectivity index (χ2n) is 6.03.